The summed E-state index contributed by atoms with van der Waals surface area (Å²) in [6.07, 6.45) is 1.37. The molecule has 8 heavy (non-hydrogen) atoms. The van der Waals surface area contributed by atoms with Crippen molar-refractivity contribution in [2.24, 2.45) is 0 Å². The van der Waals surface area contributed by atoms with E-state index in [-0.39, 0.29) is 0 Å². The molecule has 0 amide bonds. The third kappa shape index (κ3) is 4.75. The molecule has 4 heteroatoms. The Kier molecular flexibility index (Phi) is 6.57. The van der Waals surface area contributed by atoms with Crippen LogP contribution in [-0.4, -0.2) is 6.47 Å². The van der Waals surface area contributed by atoms with Gasteiger partial charge in [0.1, 0.15) is 0 Å². The van der Waals surface area contributed by atoms with Crippen molar-refractivity contribution in [2.75, 3.05) is 0 Å². The van der Waals surface area contributed by atoms with Gasteiger partial charge in [0.05, 0.1) is 0 Å². The molecular weight excluding hydrogens is 547 g/mol. The van der Waals surface area contributed by atoms with Gasteiger partial charge in [-0.1, -0.05) is 0 Å². The van der Waals surface area contributed by atoms with Gasteiger partial charge < -0.3 is 0 Å². The molecule has 0 saturated heterocycles. The Balaban J connectivity index is 3.62. The van der Waals surface area contributed by atoms with E-state index in [2.05, 4.69) is 69.7 Å². The van der Waals surface area contributed by atoms with Crippen LogP contribution in [-0.2, 0) is 0 Å². The fourth-order valence-electron chi connectivity index (χ4n) is 0.231. The maximum atomic E-state index is 2.69. The van der Waals surface area contributed by atoms with E-state index in [1.54, 1.807) is 0 Å². The Morgan fingerprint density at radius 3 is 1.75 bits per heavy atom. The first kappa shape index (κ1) is 11.0. The average molecular weight is 557 g/mol. The number of hydrogen-bond acceptors (Lipinski definition) is 0. The summed E-state index contributed by atoms with van der Waals surface area (Å²) >= 11 is 8.06. The fraction of sp³-hybridized carbons (Fsp3) is 1.00. The van der Waals surface area contributed by atoms with Gasteiger partial charge in [-0.3, -0.25) is 0 Å². The van der Waals surface area contributed by atoms with Gasteiger partial charge in [0.15, 0.2) is 0 Å². The molecule has 0 fully saturated rings. The summed E-state index contributed by atoms with van der Waals surface area (Å²) in [5.41, 5.74) is 0. The molecule has 50 valence electrons. The SMILES string of the molecule is CC[CH](C)[Sn]([I])([I])[I]. The zero-order chi connectivity index (χ0) is 6.78. The van der Waals surface area contributed by atoms with E-state index in [0.29, 0.717) is 0 Å². The summed E-state index contributed by atoms with van der Waals surface area (Å²) in [5.74, 6) is 0. The normalized spacial score (nSPS) is 16.1. The predicted octanol–water partition coefficient (Wildman–Crippen LogP) is 4.03. The Morgan fingerprint density at radius 1 is 1.38 bits per heavy atom. The molecule has 0 bridgehead atoms. The van der Waals surface area contributed by atoms with Crippen molar-refractivity contribution < 1.29 is 0 Å². The number of hydrogen-bond donors (Lipinski definition) is 0. The molecule has 1 unspecified atom stereocenters. The van der Waals surface area contributed by atoms with Crippen LogP contribution >= 0.6 is 55.9 Å². The Hall–Kier alpha value is 2.99. The van der Waals surface area contributed by atoms with E-state index in [4.69, 9.17) is 0 Å². The van der Waals surface area contributed by atoms with Crippen LogP contribution in [0, 0.1) is 0 Å². The molecule has 0 aromatic rings. The molecule has 0 N–H and O–H groups in total. The van der Waals surface area contributed by atoms with Crippen LogP contribution in [0.25, 0.3) is 0 Å². The summed E-state index contributed by atoms with van der Waals surface area (Å²) < 4.78 is 1.02. The van der Waals surface area contributed by atoms with E-state index < -0.39 is 6.47 Å². The summed E-state index contributed by atoms with van der Waals surface area (Å²) in [5, 5.41) is 0. The zero-order valence-electron chi connectivity index (χ0n) is 4.92. The summed E-state index contributed by atoms with van der Waals surface area (Å²) in [4.78, 5) is 0. The molecule has 1 atom stereocenters. The number of rotatable bonds is 2. The summed E-state index contributed by atoms with van der Waals surface area (Å²) in [6, 6.07) is 0. The summed E-state index contributed by atoms with van der Waals surface area (Å²) in [6.45, 7) is 3.16. The molecule has 0 rings (SSSR count). The van der Waals surface area contributed by atoms with E-state index in [1.807, 2.05) is 0 Å². The van der Waals surface area contributed by atoms with Crippen LogP contribution in [0.3, 0.4) is 0 Å². The quantitative estimate of drug-likeness (QED) is 0.356. The Labute approximate surface area is 84.4 Å². The van der Waals surface area contributed by atoms with Crippen LogP contribution in [0.5, 0.6) is 0 Å². The van der Waals surface area contributed by atoms with Gasteiger partial charge in [-0.15, -0.1) is 0 Å². The molecule has 0 aliphatic rings. The van der Waals surface area contributed by atoms with E-state index in [1.165, 1.54) is 6.42 Å². The molecule has 0 aliphatic carbocycles. The zero-order valence-corrected chi connectivity index (χ0v) is 14.2. The second-order valence-electron chi connectivity index (χ2n) is 1.85. The first-order chi connectivity index (χ1) is 3.48. The fourth-order valence-corrected chi connectivity index (χ4v) is 10.4. The molecule has 0 heterocycles. The van der Waals surface area contributed by atoms with E-state index in [9.17, 15) is 0 Å². The second-order valence-corrected chi connectivity index (χ2v) is 83.5. The third-order valence-corrected chi connectivity index (χ3v) is 26.9. The van der Waals surface area contributed by atoms with Crippen LogP contribution in [0.4, 0.5) is 0 Å². The van der Waals surface area contributed by atoms with Crippen molar-refractivity contribution >= 4 is 62.4 Å². The first-order valence-corrected chi connectivity index (χ1v) is 29.1. The van der Waals surface area contributed by atoms with Crippen LogP contribution in [0.2, 0.25) is 3.93 Å². The predicted molar refractivity (Wildman–Crippen MR) is 67.5 cm³/mol. The van der Waals surface area contributed by atoms with Gasteiger partial charge in [0, 0.05) is 0 Å². The van der Waals surface area contributed by atoms with Crippen molar-refractivity contribution in [2.45, 2.75) is 24.2 Å². The maximum absolute atomic E-state index is 2.69. The van der Waals surface area contributed by atoms with Crippen molar-refractivity contribution in [1.82, 2.24) is 0 Å². The number of halogens is 3. The minimum atomic E-state index is -1.50. The standard InChI is InChI=1S/C4H9.3HI.Sn/c1-3-4-2;;;;/h3H,4H2,1-2H3;3*1H;/q;;;;+3/p-3. The van der Waals surface area contributed by atoms with Gasteiger partial charge in [-0.05, 0) is 0 Å². The van der Waals surface area contributed by atoms with Gasteiger partial charge in [-0.2, -0.15) is 0 Å². The first-order valence-electron chi connectivity index (χ1n) is 2.55. The molecular formula is C4H9I3Sn. The van der Waals surface area contributed by atoms with Crippen molar-refractivity contribution in [3.05, 3.63) is 0 Å². The molecule has 0 nitrogen and oxygen atoms in total. The average Bonchev–Trinajstić information content (AvgIpc) is 1.62. The van der Waals surface area contributed by atoms with Gasteiger partial charge in [0.2, 0.25) is 0 Å². The molecule has 0 saturated carbocycles. The van der Waals surface area contributed by atoms with Crippen LogP contribution in [0.15, 0.2) is 0 Å². The summed E-state index contributed by atoms with van der Waals surface area (Å²) in [7, 11) is 0. The van der Waals surface area contributed by atoms with E-state index >= 15 is 0 Å². The molecule has 0 radical (unpaired) electrons. The topological polar surface area (TPSA) is 0 Å². The molecule has 0 aliphatic heterocycles. The van der Waals surface area contributed by atoms with Gasteiger partial charge >= 0.3 is 86.6 Å². The minimum absolute atomic E-state index is 1.02. The van der Waals surface area contributed by atoms with Crippen LogP contribution < -0.4 is 0 Å². The van der Waals surface area contributed by atoms with Crippen molar-refractivity contribution in [3.63, 3.8) is 0 Å². The molecule has 0 aromatic heterocycles. The monoisotopic (exact) mass is 558 g/mol. The Morgan fingerprint density at radius 2 is 1.75 bits per heavy atom. The van der Waals surface area contributed by atoms with Crippen LogP contribution in [0.1, 0.15) is 20.3 Å². The van der Waals surface area contributed by atoms with Gasteiger partial charge in [-0.25, -0.2) is 0 Å². The van der Waals surface area contributed by atoms with E-state index in [0.717, 1.165) is 3.93 Å². The van der Waals surface area contributed by atoms with Crippen molar-refractivity contribution in [1.29, 1.82) is 0 Å². The van der Waals surface area contributed by atoms with Crippen molar-refractivity contribution in [3.8, 4) is 0 Å². The molecule has 0 spiro atoms. The molecule has 0 aromatic carbocycles. The Bertz CT molecular complexity index is 68.2. The van der Waals surface area contributed by atoms with Gasteiger partial charge in [0.25, 0.3) is 0 Å². The third-order valence-electron chi connectivity index (χ3n) is 1.17. The second kappa shape index (κ2) is 4.78.